The molecule has 1 rings (SSSR count). The van der Waals surface area contributed by atoms with E-state index in [2.05, 4.69) is 12.2 Å². The lowest BCUT2D eigenvalue weighted by molar-refractivity contribution is 0.0938. The maximum absolute atomic E-state index is 12.0. The number of nitrogens with two attached hydrogens (primary N) is 1. The fraction of sp³-hybridized carbons (Fsp3) is 0.533. The van der Waals surface area contributed by atoms with Crippen molar-refractivity contribution in [3.8, 4) is 0 Å². The molecule has 0 aliphatic heterocycles. The molecule has 1 unspecified atom stereocenters. The number of carbonyl (C=O) groups is 1. The first-order chi connectivity index (χ1) is 9.84. The smallest absolute Gasteiger partial charge is 0.251 e. The topological polar surface area (TPSA) is 89.3 Å². The molecule has 0 bridgehead atoms. The molecule has 0 heterocycles. The summed E-state index contributed by atoms with van der Waals surface area (Å²) in [5, 5.41) is 7.93. The van der Waals surface area contributed by atoms with Crippen molar-refractivity contribution in [3.63, 3.8) is 0 Å². The third-order valence-electron chi connectivity index (χ3n) is 3.31. The molecule has 0 spiro atoms. The number of hydrogen-bond donors (Lipinski definition) is 2. The number of unbranched alkanes of at least 4 members (excludes halogenated alkanes) is 3. The van der Waals surface area contributed by atoms with Crippen molar-refractivity contribution < 1.29 is 13.2 Å². The fourth-order valence-corrected chi connectivity index (χ4v) is 2.57. The van der Waals surface area contributed by atoms with Gasteiger partial charge in [-0.2, -0.15) is 0 Å². The van der Waals surface area contributed by atoms with E-state index in [1.807, 2.05) is 6.92 Å². The van der Waals surface area contributed by atoms with Gasteiger partial charge in [-0.1, -0.05) is 32.6 Å². The van der Waals surface area contributed by atoms with E-state index in [1.54, 1.807) is 0 Å². The van der Waals surface area contributed by atoms with Gasteiger partial charge in [0.15, 0.2) is 0 Å². The van der Waals surface area contributed by atoms with Gasteiger partial charge >= 0.3 is 0 Å². The molecule has 3 N–H and O–H groups in total. The molecule has 0 radical (unpaired) electrons. The predicted octanol–water partition coefficient (Wildman–Crippen LogP) is 2.42. The minimum Gasteiger partial charge on any atom is -0.350 e. The number of nitrogens with one attached hydrogen (secondary N) is 1. The van der Waals surface area contributed by atoms with Crippen LogP contribution in [0.3, 0.4) is 0 Å². The van der Waals surface area contributed by atoms with Gasteiger partial charge in [-0.15, -0.1) is 0 Å². The highest BCUT2D eigenvalue weighted by Crippen LogP contribution is 2.10. The van der Waals surface area contributed by atoms with Crippen LogP contribution < -0.4 is 10.5 Å². The van der Waals surface area contributed by atoms with Crippen LogP contribution in [0.1, 0.15) is 56.3 Å². The van der Waals surface area contributed by atoms with E-state index < -0.39 is 10.0 Å². The van der Waals surface area contributed by atoms with Gasteiger partial charge in [-0.05, 0) is 37.6 Å². The molecular weight excluding hydrogens is 288 g/mol. The van der Waals surface area contributed by atoms with Crippen molar-refractivity contribution in [2.75, 3.05) is 0 Å². The molecule has 1 aromatic carbocycles. The van der Waals surface area contributed by atoms with Crippen molar-refractivity contribution in [2.24, 2.45) is 5.14 Å². The van der Waals surface area contributed by atoms with E-state index in [0.29, 0.717) is 5.56 Å². The summed E-state index contributed by atoms with van der Waals surface area (Å²) in [6, 6.07) is 5.73. The summed E-state index contributed by atoms with van der Waals surface area (Å²) in [5.74, 6) is -0.195. The second kappa shape index (κ2) is 8.14. The van der Waals surface area contributed by atoms with Crippen molar-refractivity contribution in [2.45, 2.75) is 56.9 Å². The molecule has 5 nitrogen and oxygen atoms in total. The van der Waals surface area contributed by atoms with Crippen molar-refractivity contribution >= 4 is 15.9 Å². The van der Waals surface area contributed by atoms with Gasteiger partial charge in [-0.25, -0.2) is 13.6 Å². The van der Waals surface area contributed by atoms with Gasteiger partial charge in [0.2, 0.25) is 10.0 Å². The van der Waals surface area contributed by atoms with Crippen molar-refractivity contribution in [1.82, 2.24) is 5.32 Å². The Morgan fingerprint density at radius 1 is 1.19 bits per heavy atom. The van der Waals surface area contributed by atoms with Gasteiger partial charge in [-0.3, -0.25) is 4.79 Å². The molecule has 1 amide bonds. The number of benzene rings is 1. The van der Waals surface area contributed by atoms with Crippen LogP contribution in [0.25, 0.3) is 0 Å². The molecule has 1 aromatic rings. The number of primary sulfonamides is 1. The largest absolute Gasteiger partial charge is 0.350 e. The second-order valence-corrected chi connectivity index (χ2v) is 6.85. The van der Waals surface area contributed by atoms with Gasteiger partial charge in [0.25, 0.3) is 5.91 Å². The van der Waals surface area contributed by atoms with E-state index in [0.717, 1.165) is 12.8 Å². The van der Waals surface area contributed by atoms with Gasteiger partial charge in [0.1, 0.15) is 0 Å². The Balaban J connectivity index is 2.52. The quantitative estimate of drug-likeness (QED) is 0.722. The van der Waals surface area contributed by atoms with Crippen molar-refractivity contribution in [3.05, 3.63) is 29.8 Å². The Hall–Kier alpha value is -1.40. The number of carbonyl (C=O) groups excluding carboxylic acids is 1. The Morgan fingerprint density at radius 2 is 1.81 bits per heavy atom. The highest BCUT2D eigenvalue weighted by Gasteiger charge is 2.12. The van der Waals surface area contributed by atoms with E-state index in [-0.39, 0.29) is 16.8 Å². The molecule has 0 saturated carbocycles. The van der Waals surface area contributed by atoms with Crippen LogP contribution in [0.4, 0.5) is 0 Å². The lowest BCUT2D eigenvalue weighted by Crippen LogP contribution is -2.32. The molecule has 1 atom stereocenters. The summed E-state index contributed by atoms with van der Waals surface area (Å²) >= 11 is 0. The summed E-state index contributed by atoms with van der Waals surface area (Å²) in [5.41, 5.74) is 0.433. The first-order valence-corrected chi connectivity index (χ1v) is 8.83. The van der Waals surface area contributed by atoms with Crippen LogP contribution >= 0.6 is 0 Å². The molecule has 21 heavy (non-hydrogen) atoms. The van der Waals surface area contributed by atoms with E-state index >= 15 is 0 Å². The summed E-state index contributed by atoms with van der Waals surface area (Å²) in [4.78, 5) is 12.0. The Labute approximate surface area is 127 Å². The monoisotopic (exact) mass is 312 g/mol. The average Bonchev–Trinajstić information content (AvgIpc) is 2.43. The highest BCUT2D eigenvalue weighted by molar-refractivity contribution is 7.89. The molecule has 0 aliphatic rings. The van der Waals surface area contributed by atoms with Crippen molar-refractivity contribution in [1.29, 1.82) is 0 Å². The zero-order valence-electron chi connectivity index (χ0n) is 12.6. The summed E-state index contributed by atoms with van der Waals surface area (Å²) < 4.78 is 22.3. The summed E-state index contributed by atoms with van der Waals surface area (Å²) in [7, 11) is -3.72. The zero-order chi connectivity index (χ0) is 15.9. The first-order valence-electron chi connectivity index (χ1n) is 7.28. The molecule has 118 valence electrons. The number of rotatable bonds is 8. The predicted molar refractivity (Wildman–Crippen MR) is 83.5 cm³/mol. The third-order valence-corrected chi connectivity index (χ3v) is 4.24. The standard InChI is InChI=1S/C15H24N2O3S/c1-3-4-5-6-7-12(2)17-15(18)13-8-10-14(11-9-13)21(16,19)20/h8-12H,3-7H2,1-2H3,(H,17,18)(H2,16,19,20). The average molecular weight is 312 g/mol. The van der Waals surface area contributed by atoms with Crippen LogP contribution in [0.5, 0.6) is 0 Å². The SMILES string of the molecule is CCCCCCC(C)NC(=O)c1ccc(S(N)(=O)=O)cc1. The van der Waals surface area contributed by atoms with Crippen LogP contribution in [0.15, 0.2) is 29.2 Å². The van der Waals surface area contributed by atoms with Gasteiger partial charge < -0.3 is 5.32 Å². The minimum absolute atomic E-state index is 0.00617. The normalized spacial score (nSPS) is 12.9. The van der Waals surface area contributed by atoms with Crippen LogP contribution in [0, 0.1) is 0 Å². The van der Waals surface area contributed by atoms with Gasteiger partial charge in [0.05, 0.1) is 4.90 Å². The van der Waals surface area contributed by atoms with E-state index in [4.69, 9.17) is 5.14 Å². The van der Waals surface area contributed by atoms with Crippen LogP contribution in [0.2, 0.25) is 0 Å². The molecule has 0 aliphatic carbocycles. The molecule has 0 fully saturated rings. The second-order valence-electron chi connectivity index (χ2n) is 5.29. The first kappa shape index (κ1) is 17.7. The highest BCUT2D eigenvalue weighted by atomic mass is 32.2. The maximum Gasteiger partial charge on any atom is 0.251 e. The Morgan fingerprint density at radius 3 is 2.33 bits per heavy atom. The van der Waals surface area contributed by atoms with E-state index in [9.17, 15) is 13.2 Å². The third kappa shape index (κ3) is 6.27. The lowest BCUT2D eigenvalue weighted by Gasteiger charge is -2.13. The Kier molecular flexibility index (Phi) is 6.84. The maximum atomic E-state index is 12.0. The number of sulfonamides is 1. The molecule has 0 aromatic heterocycles. The Bertz CT molecular complexity index is 553. The number of amides is 1. The molecule has 6 heteroatoms. The van der Waals surface area contributed by atoms with Crippen LogP contribution in [-0.2, 0) is 10.0 Å². The number of hydrogen-bond acceptors (Lipinski definition) is 3. The molecular formula is C15H24N2O3S. The lowest BCUT2D eigenvalue weighted by atomic mass is 10.1. The minimum atomic E-state index is -3.72. The van der Waals surface area contributed by atoms with Crippen LogP contribution in [-0.4, -0.2) is 20.4 Å². The fourth-order valence-electron chi connectivity index (χ4n) is 2.05. The summed E-state index contributed by atoms with van der Waals surface area (Å²) in [6.07, 6.45) is 5.63. The summed E-state index contributed by atoms with van der Waals surface area (Å²) in [6.45, 7) is 4.14. The molecule has 0 saturated heterocycles. The zero-order valence-corrected chi connectivity index (χ0v) is 13.4. The van der Waals surface area contributed by atoms with Gasteiger partial charge in [0, 0.05) is 11.6 Å². The van der Waals surface area contributed by atoms with E-state index in [1.165, 1.54) is 43.5 Å².